The second-order valence-electron chi connectivity index (χ2n) is 26.7. The molecule has 1 aliphatic carbocycles. The monoisotopic (exact) mass is 1660 g/mol. The van der Waals surface area contributed by atoms with Gasteiger partial charge in [0.05, 0.1) is 71.8 Å². The summed E-state index contributed by atoms with van der Waals surface area (Å²) < 4.78 is 105. The molecular formula is C75H91N9O16S9. The summed E-state index contributed by atoms with van der Waals surface area (Å²) in [6.45, 7) is 9.15. The summed E-state index contributed by atoms with van der Waals surface area (Å²) in [4.78, 5) is 58.2. The van der Waals surface area contributed by atoms with Gasteiger partial charge in [-0.15, -0.1) is 34.0 Å². The van der Waals surface area contributed by atoms with Gasteiger partial charge in [-0.25, -0.2) is 56.6 Å². The zero-order valence-corrected chi connectivity index (χ0v) is 67.9. The van der Waals surface area contributed by atoms with Crippen LogP contribution in [0.3, 0.4) is 0 Å². The first-order chi connectivity index (χ1) is 52.7. The predicted octanol–water partition coefficient (Wildman–Crippen LogP) is 12.0. The van der Waals surface area contributed by atoms with Crippen molar-refractivity contribution in [2.24, 2.45) is 5.92 Å². The lowest BCUT2D eigenvalue weighted by Crippen LogP contribution is -2.57. The number of thioether (sulfide) groups is 3. The Balaban J connectivity index is 0.000000162. The summed E-state index contributed by atoms with van der Waals surface area (Å²) in [5.74, 6) is 2.33. The molecule has 0 radical (unpaired) electrons. The SMILES string of the molecule is CCN1CCC(C(=O)NO)(S(=O)(=O)c2ccc(OCCCSc3nc4ccccc4s3)cc2)CC1.COCCN1CCC(C(=O)NO)(S(=O)(=O)c2ccc(OCCCSc3nc4ccccc4s3)cc2)CC1.O=C(NO)C1(S(=O)(=O)c2ccc(OCCCSc3nc4ccccc4s3)cc2)CCN(CC2CC2)CC1. The normalized spacial score (nSPS) is 16.8. The quantitative estimate of drug-likeness (QED) is 0.00963. The summed E-state index contributed by atoms with van der Waals surface area (Å²) in [6.07, 6.45) is 5.58. The summed E-state index contributed by atoms with van der Waals surface area (Å²) in [6, 6.07) is 42.7. The molecule has 3 saturated heterocycles. The van der Waals surface area contributed by atoms with E-state index in [2.05, 4.69) is 43.0 Å². The van der Waals surface area contributed by atoms with E-state index in [1.807, 2.05) is 66.4 Å². The number of piperidine rings is 3. The topological polar surface area (TPSA) is 336 Å². The van der Waals surface area contributed by atoms with Crippen LogP contribution in [-0.2, 0) is 48.6 Å². The Bertz CT molecular complexity index is 4730. The average Bonchev–Trinajstić information content (AvgIpc) is 1.36. The van der Waals surface area contributed by atoms with E-state index in [-0.39, 0.29) is 53.2 Å². The lowest BCUT2D eigenvalue weighted by Gasteiger charge is -2.39. The number of nitrogens with one attached hydrogen (secondary N) is 3. The molecule has 4 fully saturated rings. The summed E-state index contributed by atoms with van der Waals surface area (Å²) in [5.41, 5.74) is 7.84. The maximum Gasteiger partial charge on any atom is 0.265 e. The van der Waals surface area contributed by atoms with Crippen molar-refractivity contribution in [3.05, 3.63) is 146 Å². The lowest BCUT2D eigenvalue weighted by molar-refractivity contribution is -0.134. The van der Waals surface area contributed by atoms with E-state index < -0.39 is 61.5 Å². The van der Waals surface area contributed by atoms with E-state index in [4.69, 9.17) is 18.9 Å². The maximum atomic E-state index is 13.6. The van der Waals surface area contributed by atoms with Crippen molar-refractivity contribution >= 4 is 147 Å². The van der Waals surface area contributed by atoms with Gasteiger partial charge in [0.25, 0.3) is 17.7 Å². The first kappa shape index (κ1) is 83.4. The first-order valence-electron chi connectivity index (χ1n) is 36.1. The fourth-order valence-corrected chi connectivity index (χ4v) is 25.3. The van der Waals surface area contributed by atoms with Crippen molar-refractivity contribution in [1.29, 1.82) is 0 Å². The average molecular weight is 1660 g/mol. The summed E-state index contributed by atoms with van der Waals surface area (Å²) >= 11 is 10.1. The molecule has 6 N–H and O–H groups in total. The Morgan fingerprint density at radius 3 is 1.04 bits per heavy atom. The van der Waals surface area contributed by atoms with Gasteiger partial charge in [-0.3, -0.25) is 30.0 Å². The zero-order valence-electron chi connectivity index (χ0n) is 60.5. The smallest absolute Gasteiger partial charge is 0.265 e. The minimum Gasteiger partial charge on any atom is -0.494 e. The van der Waals surface area contributed by atoms with Gasteiger partial charge in [0, 0.05) is 76.7 Å². The minimum atomic E-state index is -4.06. The molecule has 0 atom stereocenters. The number of aromatic nitrogens is 3. The molecule has 6 heterocycles. The number of hydrogen-bond acceptors (Lipinski definition) is 28. The molecule has 6 aromatic carbocycles. The van der Waals surface area contributed by atoms with Crippen molar-refractivity contribution in [3.8, 4) is 17.2 Å². The molecule has 9 aromatic rings. The maximum absolute atomic E-state index is 13.6. The Hall–Kier alpha value is -6.58. The highest BCUT2D eigenvalue weighted by Crippen LogP contribution is 2.42. The van der Waals surface area contributed by atoms with Crippen LogP contribution < -0.4 is 30.7 Å². The van der Waals surface area contributed by atoms with Crippen LogP contribution in [0.5, 0.6) is 17.2 Å². The van der Waals surface area contributed by atoms with Crippen molar-refractivity contribution in [2.75, 3.05) is 110 Å². The molecule has 109 heavy (non-hydrogen) atoms. The summed E-state index contributed by atoms with van der Waals surface area (Å²) in [7, 11) is -10.5. The predicted molar refractivity (Wildman–Crippen MR) is 428 cm³/mol. The highest BCUT2D eigenvalue weighted by molar-refractivity contribution is 8.01. The van der Waals surface area contributed by atoms with Gasteiger partial charge in [-0.2, -0.15) is 0 Å². The number of hydroxylamine groups is 3. The molecule has 3 aliphatic heterocycles. The molecule has 4 aliphatic rings. The Morgan fingerprint density at radius 2 is 0.752 bits per heavy atom. The number of likely N-dealkylation sites (tertiary alicyclic amines) is 3. The second-order valence-corrected chi connectivity index (χ2v) is 40.6. The van der Waals surface area contributed by atoms with Crippen LogP contribution in [0.25, 0.3) is 30.6 Å². The fraction of sp³-hybridized carbons (Fsp3) is 0.440. The molecule has 0 unspecified atom stereocenters. The van der Waals surface area contributed by atoms with Crippen LogP contribution >= 0.6 is 69.3 Å². The van der Waals surface area contributed by atoms with E-state index in [9.17, 15) is 55.3 Å². The molecule has 1 saturated carbocycles. The molecule has 0 bridgehead atoms. The number of ether oxygens (including phenoxy) is 4. The number of fused-ring (bicyclic) bond motifs is 3. The third-order valence-corrected chi connectivity index (χ3v) is 34.3. The van der Waals surface area contributed by atoms with Gasteiger partial charge in [0.2, 0.25) is 0 Å². The number of benzene rings is 6. The van der Waals surface area contributed by atoms with Crippen LogP contribution in [0.1, 0.15) is 77.6 Å². The molecule has 3 amide bonds. The molecule has 3 aromatic heterocycles. The second kappa shape index (κ2) is 38.8. The van der Waals surface area contributed by atoms with Crippen molar-refractivity contribution in [3.63, 3.8) is 0 Å². The van der Waals surface area contributed by atoms with Gasteiger partial charge in [-0.1, -0.05) is 78.6 Å². The number of rotatable bonds is 33. The zero-order chi connectivity index (χ0) is 77.1. The van der Waals surface area contributed by atoms with E-state index in [1.165, 1.54) is 63.3 Å². The van der Waals surface area contributed by atoms with E-state index >= 15 is 0 Å². The van der Waals surface area contributed by atoms with Crippen LogP contribution in [0.15, 0.2) is 173 Å². The van der Waals surface area contributed by atoms with Gasteiger partial charge >= 0.3 is 0 Å². The number of para-hydroxylation sites is 3. The first-order valence-corrected chi connectivity index (χ1v) is 45.9. The van der Waals surface area contributed by atoms with Crippen molar-refractivity contribution in [2.45, 2.75) is 119 Å². The van der Waals surface area contributed by atoms with Crippen LogP contribution in [0, 0.1) is 5.92 Å². The third kappa shape index (κ3) is 20.3. The number of methoxy groups -OCH3 is 1. The number of sulfone groups is 3. The molecule has 0 spiro atoms. The van der Waals surface area contributed by atoms with E-state index in [1.54, 1.807) is 129 Å². The Morgan fingerprint density at radius 1 is 0.450 bits per heavy atom. The van der Waals surface area contributed by atoms with E-state index in [0.29, 0.717) is 95.4 Å². The highest BCUT2D eigenvalue weighted by Gasteiger charge is 2.55. The number of amides is 3. The molecule has 13 rings (SSSR count). The highest BCUT2D eigenvalue weighted by atomic mass is 32.2. The van der Waals surface area contributed by atoms with Gasteiger partial charge in [0.15, 0.2) is 56.8 Å². The Kier molecular flexibility index (Phi) is 29.6. The lowest BCUT2D eigenvalue weighted by atomic mass is 9.94. The number of carbonyl (C=O) groups excluding carboxylic acids is 3. The fourth-order valence-electron chi connectivity index (χ4n) is 13.3. The summed E-state index contributed by atoms with van der Waals surface area (Å²) in [5, 5.41) is 28.0. The molecular weight excluding hydrogens is 1570 g/mol. The number of thiazole rings is 3. The Labute approximate surface area is 660 Å². The van der Waals surface area contributed by atoms with Gasteiger partial charge in [0.1, 0.15) is 17.2 Å². The number of hydrogen-bond donors (Lipinski definition) is 6. The van der Waals surface area contributed by atoms with Crippen LogP contribution in [-0.4, -0.2) is 212 Å². The number of carbonyl (C=O) groups is 3. The minimum absolute atomic E-state index is 0.0279. The molecule has 34 heteroatoms. The van der Waals surface area contributed by atoms with Gasteiger partial charge in [-0.05, 0) is 192 Å². The standard InChI is InChI=1S/C26H31N3O5S3.C25H31N3O6S3.C24H29N3O5S3/c30-24(28-31)26(12-14-29(15-13-26)18-19-6-7-19)37(32,33)21-10-8-20(9-11-21)34-16-3-17-35-25-27-22-4-1-2-5-23(22)36-25;1-33-17-15-28-13-11-25(12-14-28,23(29)27-30)37(31,32)20-9-7-19(8-10-20)34-16-4-18-35-24-26-21-5-2-3-6-22(21)36-24;1-2-27-14-12-24(13-15-27,22(28)26-29)35(30,31)19-10-8-18(9-11-19)32-16-5-17-33-23-25-20-6-3-4-7-21(20)34-23/h1-2,4-5,8-11,19,31H,3,6-7,12-18H2,(H,28,30);2-3,5-10,30H,4,11-18H2,1H3,(H,27,29);3-4,6-11,29H,2,5,12-17H2,1H3,(H,26,28). The van der Waals surface area contributed by atoms with Crippen molar-refractivity contribution < 1.29 is 74.2 Å². The largest absolute Gasteiger partial charge is 0.494 e. The van der Waals surface area contributed by atoms with E-state index in [0.717, 1.165) is 79.2 Å². The van der Waals surface area contributed by atoms with Crippen molar-refractivity contribution in [1.82, 2.24) is 46.1 Å². The molecule has 586 valence electrons. The molecule has 25 nitrogen and oxygen atoms in total. The number of nitrogens with zero attached hydrogens (tertiary/aromatic N) is 6. The van der Waals surface area contributed by atoms with Crippen LogP contribution in [0.2, 0.25) is 0 Å². The van der Waals surface area contributed by atoms with Gasteiger partial charge < -0.3 is 33.6 Å². The third-order valence-electron chi connectivity index (χ3n) is 19.9. The van der Waals surface area contributed by atoms with Crippen LogP contribution in [0.4, 0.5) is 0 Å².